The van der Waals surface area contributed by atoms with E-state index in [1.54, 1.807) is 27.7 Å². The molecule has 1 heterocycles. The van der Waals surface area contributed by atoms with Gasteiger partial charge in [-0.15, -0.1) is 0 Å². The van der Waals surface area contributed by atoms with Crippen LogP contribution in [-0.2, 0) is 14.3 Å². The normalized spacial score (nSPS) is 15.9. The number of rotatable bonds is 5. The molecule has 2 N–H and O–H groups in total. The predicted octanol–water partition coefficient (Wildman–Crippen LogP) is 3.27. The molecule has 0 aromatic heterocycles. The first-order valence-corrected chi connectivity index (χ1v) is 8.49. The van der Waals surface area contributed by atoms with Gasteiger partial charge in [-0.25, -0.2) is 4.79 Å². The summed E-state index contributed by atoms with van der Waals surface area (Å²) in [6.45, 7) is 6.70. The van der Waals surface area contributed by atoms with Crippen molar-refractivity contribution in [3.63, 3.8) is 0 Å². The highest BCUT2D eigenvalue weighted by Crippen LogP contribution is 2.35. The summed E-state index contributed by atoms with van der Waals surface area (Å²) in [5.74, 6) is -2.18. The Hall–Kier alpha value is -3.49. The highest BCUT2D eigenvalue weighted by Gasteiger charge is 2.39. The molecule has 1 aliphatic heterocycles. The summed E-state index contributed by atoms with van der Waals surface area (Å²) < 4.78 is 4.90. The lowest BCUT2D eigenvalue weighted by molar-refractivity contribution is -0.384. The second-order valence-corrected chi connectivity index (χ2v) is 7.05. The maximum Gasteiger partial charge on any atom is 0.345 e. The van der Waals surface area contributed by atoms with Crippen molar-refractivity contribution < 1.29 is 24.4 Å². The number of amidine groups is 1. The first-order valence-electron chi connectivity index (χ1n) is 8.49. The Labute approximate surface area is 161 Å². The molecule has 9 heteroatoms. The van der Waals surface area contributed by atoms with Crippen molar-refractivity contribution in [1.29, 1.82) is 5.41 Å². The van der Waals surface area contributed by atoms with Crippen LogP contribution in [0.4, 0.5) is 11.4 Å². The maximum absolute atomic E-state index is 12.5. The summed E-state index contributed by atoms with van der Waals surface area (Å²) in [5.41, 5.74) is -1.10. The van der Waals surface area contributed by atoms with E-state index in [9.17, 15) is 24.8 Å². The highest BCUT2D eigenvalue weighted by molar-refractivity contribution is 6.28. The number of nitro groups is 1. The standard InChI is InChI=1S/C19H21N3O6/c1-5-28-18(25)15-16(24)13(10-14(23)19(2,3)4)21(17(15)20)11-6-8-12(9-7-11)22(26)27/h6-10,20,24H,5H2,1-4H3. The third-order valence-electron chi connectivity index (χ3n) is 3.99. The number of nitrogens with one attached hydrogen (secondary N) is 1. The zero-order valence-electron chi connectivity index (χ0n) is 16.0. The summed E-state index contributed by atoms with van der Waals surface area (Å²) in [4.78, 5) is 36.2. The number of hydrogen-bond donors (Lipinski definition) is 2. The van der Waals surface area contributed by atoms with Crippen molar-refractivity contribution in [3.05, 3.63) is 57.5 Å². The quantitative estimate of drug-likeness (QED) is 0.343. The fourth-order valence-electron chi connectivity index (χ4n) is 2.44. The Morgan fingerprint density at radius 1 is 1.29 bits per heavy atom. The molecule has 0 radical (unpaired) electrons. The van der Waals surface area contributed by atoms with Crippen molar-refractivity contribution in [2.45, 2.75) is 27.7 Å². The SMILES string of the molecule is CCOC(=O)C1=C(O)C(=CC(=O)C(C)(C)C)N(c2ccc([N+](=O)[O-])cc2)C1=N. The van der Waals surface area contributed by atoms with Gasteiger partial charge in [0.05, 0.1) is 17.2 Å². The number of nitrogens with zero attached hydrogens (tertiary/aromatic N) is 2. The lowest BCUT2D eigenvalue weighted by Crippen LogP contribution is -2.28. The molecule has 0 aliphatic carbocycles. The van der Waals surface area contributed by atoms with Crippen LogP contribution in [0.2, 0.25) is 0 Å². The van der Waals surface area contributed by atoms with E-state index in [4.69, 9.17) is 10.1 Å². The van der Waals surface area contributed by atoms with Crippen LogP contribution in [0.5, 0.6) is 0 Å². The van der Waals surface area contributed by atoms with E-state index in [1.807, 2.05) is 0 Å². The fraction of sp³-hybridized carbons (Fsp3) is 0.316. The molecule has 0 saturated heterocycles. The fourth-order valence-corrected chi connectivity index (χ4v) is 2.44. The molecule has 2 rings (SSSR count). The van der Waals surface area contributed by atoms with Crippen molar-refractivity contribution >= 4 is 29.0 Å². The molecule has 28 heavy (non-hydrogen) atoms. The van der Waals surface area contributed by atoms with Gasteiger partial charge < -0.3 is 9.84 Å². The number of benzene rings is 1. The molecule has 1 aliphatic rings. The van der Waals surface area contributed by atoms with Crippen molar-refractivity contribution in [2.75, 3.05) is 11.5 Å². The van der Waals surface area contributed by atoms with Crippen LogP contribution < -0.4 is 4.90 Å². The number of non-ortho nitro benzene ring substituents is 1. The minimum atomic E-state index is -0.900. The molecule has 0 atom stereocenters. The number of carbonyl (C=O) groups is 2. The zero-order valence-corrected chi connectivity index (χ0v) is 16.0. The van der Waals surface area contributed by atoms with Gasteiger partial charge in [-0.3, -0.25) is 25.2 Å². The van der Waals surface area contributed by atoms with E-state index in [0.29, 0.717) is 0 Å². The van der Waals surface area contributed by atoms with Gasteiger partial charge in [0.15, 0.2) is 11.5 Å². The topological polar surface area (TPSA) is 134 Å². The molecule has 0 bridgehead atoms. The smallest absolute Gasteiger partial charge is 0.345 e. The van der Waals surface area contributed by atoms with Crippen LogP contribution in [0, 0.1) is 20.9 Å². The Morgan fingerprint density at radius 3 is 2.32 bits per heavy atom. The number of anilines is 1. The van der Waals surface area contributed by atoms with Gasteiger partial charge >= 0.3 is 5.97 Å². The third kappa shape index (κ3) is 3.93. The summed E-state index contributed by atoms with van der Waals surface area (Å²) in [7, 11) is 0. The summed E-state index contributed by atoms with van der Waals surface area (Å²) >= 11 is 0. The number of hydrogen-bond acceptors (Lipinski definition) is 7. The first kappa shape index (κ1) is 20.8. The molecular weight excluding hydrogens is 366 g/mol. The largest absolute Gasteiger partial charge is 0.505 e. The molecule has 0 spiro atoms. The summed E-state index contributed by atoms with van der Waals surface area (Å²) in [5, 5.41) is 29.8. The van der Waals surface area contributed by atoms with E-state index in [2.05, 4.69) is 0 Å². The van der Waals surface area contributed by atoms with Crippen LogP contribution in [0.15, 0.2) is 47.4 Å². The number of ether oxygens (including phenoxy) is 1. The van der Waals surface area contributed by atoms with Crippen LogP contribution in [0.25, 0.3) is 0 Å². The molecule has 0 amide bonds. The van der Waals surface area contributed by atoms with Crippen LogP contribution in [0.1, 0.15) is 27.7 Å². The Balaban J connectivity index is 2.60. The number of allylic oxidation sites excluding steroid dienone is 1. The van der Waals surface area contributed by atoms with Crippen molar-refractivity contribution in [1.82, 2.24) is 0 Å². The molecule has 0 fully saturated rings. The van der Waals surface area contributed by atoms with E-state index < -0.39 is 27.9 Å². The van der Waals surface area contributed by atoms with Gasteiger partial charge in [0.2, 0.25) is 0 Å². The van der Waals surface area contributed by atoms with E-state index in [0.717, 1.165) is 6.08 Å². The molecule has 0 saturated carbocycles. The molecule has 9 nitrogen and oxygen atoms in total. The number of aliphatic hydroxyl groups excluding tert-OH is 1. The second kappa shape index (κ2) is 7.63. The first-order chi connectivity index (χ1) is 13.0. The number of ketones is 1. The van der Waals surface area contributed by atoms with Gasteiger partial charge in [-0.1, -0.05) is 20.8 Å². The highest BCUT2D eigenvalue weighted by atomic mass is 16.6. The number of carbonyl (C=O) groups excluding carboxylic acids is 2. The number of aliphatic hydroxyl groups is 1. The zero-order chi connectivity index (χ0) is 21.2. The average Bonchev–Trinajstić information content (AvgIpc) is 2.84. The van der Waals surface area contributed by atoms with E-state index >= 15 is 0 Å². The lowest BCUT2D eigenvalue weighted by Gasteiger charge is -2.22. The summed E-state index contributed by atoms with van der Waals surface area (Å²) in [6, 6.07) is 5.18. The average molecular weight is 387 g/mol. The summed E-state index contributed by atoms with van der Waals surface area (Å²) in [6.07, 6.45) is 1.15. The minimum Gasteiger partial charge on any atom is -0.505 e. The predicted molar refractivity (Wildman–Crippen MR) is 102 cm³/mol. The Morgan fingerprint density at radius 2 is 1.86 bits per heavy atom. The lowest BCUT2D eigenvalue weighted by atomic mass is 9.90. The monoisotopic (exact) mass is 387 g/mol. The number of esters is 1. The van der Waals surface area contributed by atoms with Crippen LogP contribution >= 0.6 is 0 Å². The molecule has 1 aromatic rings. The maximum atomic E-state index is 12.5. The van der Waals surface area contributed by atoms with Gasteiger partial charge in [0.1, 0.15) is 11.4 Å². The van der Waals surface area contributed by atoms with Crippen molar-refractivity contribution in [3.8, 4) is 0 Å². The van der Waals surface area contributed by atoms with Crippen molar-refractivity contribution in [2.24, 2.45) is 5.41 Å². The number of nitro benzene ring substituents is 1. The van der Waals surface area contributed by atoms with E-state index in [-0.39, 0.29) is 35.0 Å². The Kier molecular flexibility index (Phi) is 5.67. The van der Waals surface area contributed by atoms with Gasteiger partial charge in [0, 0.05) is 29.3 Å². The second-order valence-electron chi connectivity index (χ2n) is 7.05. The van der Waals surface area contributed by atoms with Gasteiger partial charge in [0.25, 0.3) is 5.69 Å². The minimum absolute atomic E-state index is 0.0421. The van der Waals surface area contributed by atoms with Crippen LogP contribution in [-0.4, -0.2) is 34.2 Å². The van der Waals surface area contributed by atoms with E-state index in [1.165, 1.54) is 29.2 Å². The molecule has 1 aromatic carbocycles. The van der Waals surface area contributed by atoms with Gasteiger partial charge in [-0.2, -0.15) is 0 Å². The van der Waals surface area contributed by atoms with Gasteiger partial charge in [-0.05, 0) is 19.1 Å². The Bertz CT molecular complexity index is 907. The molecule has 148 valence electrons. The van der Waals surface area contributed by atoms with Crippen LogP contribution in [0.3, 0.4) is 0 Å². The third-order valence-corrected chi connectivity index (χ3v) is 3.99. The molecule has 0 unspecified atom stereocenters. The molecular formula is C19H21N3O6.